The van der Waals surface area contributed by atoms with Gasteiger partial charge in [0.1, 0.15) is 0 Å². The zero-order valence-electron chi connectivity index (χ0n) is 7.33. The van der Waals surface area contributed by atoms with Gasteiger partial charge in [0.2, 0.25) is 0 Å². The van der Waals surface area contributed by atoms with E-state index < -0.39 is 0 Å². The van der Waals surface area contributed by atoms with Crippen LogP contribution in [0.3, 0.4) is 0 Å². The standard InChI is InChI=1S/C8H4IN5S/c9-8-13-12-7(15-8)5-3-11-14-2-1-10-4-6(5)14/h1-4H. The first-order chi connectivity index (χ1) is 7.34. The number of halogens is 1. The third-order valence-corrected chi connectivity index (χ3v) is 3.58. The molecule has 3 heterocycles. The Bertz CT molecular complexity index is 616. The van der Waals surface area contributed by atoms with E-state index in [0.29, 0.717) is 0 Å². The summed E-state index contributed by atoms with van der Waals surface area (Å²) in [4.78, 5) is 4.07. The summed E-state index contributed by atoms with van der Waals surface area (Å²) in [7, 11) is 0. The van der Waals surface area contributed by atoms with Crippen LogP contribution in [0.25, 0.3) is 16.1 Å². The van der Waals surface area contributed by atoms with Crippen LogP contribution in [0.4, 0.5) is 0 Å². The van der Waals surface area contributed by atoms with Gasteiger partial charge in [0.05, 0.1) is 23.5 Å². The first-order valence-corrected chi connectivity index (χ1v) is 6.01. The molecule has 74 valence electrons. The minimum absolute atomic E-state index is 0.877. The van der Waals surface area contributed by atoms with Crippen molar-refractivity contribution in [2.45, 2.75) is 0 Å². The Morgan fingerprint density at radius 1 is 1.27 bits per heavy atom. The van der Waals surface area contributed by atoms with Gasteiger partial charge in [0.15, 0.2) is 8.02 Å². The molecular weight excluding hydrogens is 325 g/mol. The van der Waals surface area contributed by atoms with Crippen molar-refractivity contribution in [3.05, 3.63) is 27.8 Å². The van der Waals surface area contributed by atoms with Crippen LogP contribution in [0, 0.1) is 3.01 Å². The first kappa shape index (κ1) is 9.16. The second kappa shape index (κ2) is 3.49. The Morgan fingerprint density at radius 3 is 3.00 bits per heavy atom. The van der Waals surface area contributed by atoms with Crippen LogP contribution in [0.1, 0.15) is 0 Å². The fraction of sp³-hybridized carbons (Fsp3) is 0. The minimum atomic E-state index is 0.877. The molecule has 0 unspecified atom stereocenters. The molecule has 15 heavy (non-hydrogen) atoms. The van der Waals surface area contributed by atoms with Crippen molar-refractivity contribution >= 4 is 39.4 Å². The van der Waals surface area contributed by atoms with E-state index in [4.69, 9.17) is 0 Å². The zero-order chi connectivity index (χ0) is 10.3. The molecule has 3 rings (SSSR count). The van der Waals surface area contributed by atoms with Crippen molar-refractivity contribution < 1.29 is 0 Å². The van der Waals surface area contributed by atoms with Gasteiger partial charge in [-0.1, -0.05) is 11.3 Å². The predicted molar refractivity (Wildman–Crippen MR) is 64.6 cm³/mol. The average molecular weight is 329 g/mol. The molecule has 0 aliphatic rings. The van der Waals surface area contributed by atoms with Crippen molar-refractivity contribution in [1.29, 1.82) is 0 Å². The van der Waals surface area contributed by atoms with Crippen LogP contribution in [0.5, 0.6) is 0 Å². The largest absolute Gasteiger partial charge is 0.261 e. The van der Waals surface area contributed by atoms with Crippen molar-refractivity contribution in [3.8, 4) is 10.6 Å². The molecule has 0 N–H and O–H groups in total. The fourth-order valence-electron chi connectivity index (χ4n) is 1.31. The Labute approximate surface area is 102 Å². The van der Waals surface area contributed by atoms with Gasteiger partial charge in [-0.25, -0.2) is 4.52 Å². The minimum Gasteiger partial charge on any atom is -0.261 e. The molecule has 0 radical (unpaired) electrons. The number of aromatic nitrogens is 5. The summed E-state index contributed by atoms with van der Waals surface area (Å²) in [5, 5.41) is 13.2. The number of hydrogen-bond acceptors (Lipinski definition) is 5. The Morgan fingerprint density at radius 2 is 2.20 bits per heavy atom. The molecule has 0 atom stereocenters. The van der Waals surface area contributed by atoms with E-state index in [0.717, 1.165) is 19.1 Å². The highest BCUT2D eigenvalue weighted by Gasteiger charge is 2.10. The number of rotatable bonds is 1. The smallest absolute Gasteiger partial charge is 0.178 e. The third kappa shape index (κ3) is 1.51. The van der Waals surface area contributed by atoms with Gasteiger partial charge in [-0.05, 0) is 22.6 Å². The van der Waals surface area contributed by atoms with Gasteiger partial charge in [0, 0.05) is 12.4 Å². The fourth-order valence-corrected chi connectivity index (χ4v) is 2.64. The molecule has 0 saturated carbocycles. The second-order valence-electron chi connectivity index (χ2n) is 2.82. The highest BCUT2D eigenvalue weighted by Crippen LogP contribution is 2.27. The molecule has 0 amide bonds. The van der Waals surface area contributed by atoms with Crippen LogP contribution in [-0.4, -0.2) is 24.8 Å². The molecule has 7 heteroatoms. The number of hydrogen-bond donors (Lipinski definition) is 0. The Kier molecular flexibility index (Phi) is 2.13. The molecule has 0 spiro atoms. The molecule has 0 aromatic carbocycles. The summed E-state index contributed by atoms with van der Waals surface area (Å²) in [6, 6.07) is 0. The summed E-state index contributed by atoms with van der Waals surface area (Å²) in [6.45, 7) is 0. The summed E-state index contributed by atoms with van der Waals surface area (Å²) >= 11 is 3.69. The highest BCUT2D eigenvalue weighted by molar-refractivity contribution is 14.1. The van der Waals surface area contributed by atoms with E-state index in [1.54, 1.807) is 34.4 Å². The van der Waals surface area contributed by atoms with Crippen LogP contribution >= 0.6 is 33.9 Å². The van der Waals surface area contributed by atoms with E-state index in [2.05, 4.69) is 42.9 Å². The van der Waals surface area contributed by atoms with E-state index in [9.17, 15) is 0 Å². The van der Waals surface area contributed by atoms with Crippen LogP contribution in [-0.2, 0) is 0 Å². The maximum absolute atomic E-state index is 4.22. The lowest BCUT2D eigenvalue weighted by molar-refractivity contribution is 0.946. The maximum atomic E-state index is 4.22. The van der Waals surface area contributed by atoms with Gasteiger partial charge in [-0.3, -0.25) is 4.98 Å². The monoisotopic (exact) mass is 329 g/mol. The van der Waals surface area contributed by atoms with Crippen molar-refractivity contribution in [3.63, 3.8) is 0 Å². The van der Waals surface area contributed by atoms with Gasteiger partial charge in [-0.15, -0.1) is 10.2 Å². The zero-order valence-corrected chi connectivity index (χ0v) is 10.3. The lowest BCUT2D eigenvalue weighted by Gasteiger charge is -1.91. The van der Waals surface area contributed by atoms with E-state index >= 15 is 0 Å². The molecule has 0 saturated heterocycles. The van der Waals surface area contributed by atoms with Crippen molar-refractivity contribution in [2.75, 3.05) is 0 Å². The molecule has 0 fully saturated rings. The summed E-state index contributed by atoms with van der Waals surface area (Å²) in [5.74, 6) is 0. The van der Waals surface area contributed by atoms with Gasteiger partial charge < -0.3 is 0 Å². The lowest BCUT2D eigenvalue weighted by Crippen LogP contribution is -1.85. The van der Waals surface area contributed by atoms with Gasteiger partial charge in [-0.2, -0.15) is 5.10 Å². The second-order valence-corrected chi connectivity index (χ2v) is 5.56. The topological polar surface area (TPSA) is 56.0 Å². The molecule has 3 aromatic rings. The number of nitrogens with zero attached hydrogens (tertiary/aromatic N) is 5. The van der Waals surface area contributed by atoms with Gasteiger partial charge in [0.25, 0.3) is 0 Å². The maximum Gasteiger partial charge on any atom is 0.178 e. The lowest BCUT2D eigenvalue weighted by atomic mass is 10.3. The Balaban J connectivity index is 2.27. The summed E-state index contributed by atoms with van der Waals surface area (Å²) in [5.41, 5.74) is 1.92. The molecule has 0 aliphatic heterocycles. The summed E-state index contributed by atoms with van der Waals surface area (Å²) in [6.07, 6.45) is 7.07. The Hall–Kier alpha value is -1.09. The summed E-state index contributed by atoms with van der Waals surface area (Å²) < 4.78 is 2.70. The van der Waals surface area contributed by atoms with Crippen LogP contribution < -0.4 is 0 Å². The van der Waals surface area contributed by atoms with Crippen molar-refractivity contribution in [1.82, 2.24) is 24.8 Å². The SMILES string of the molecule is Ic1nnc(-c2cnn3ccncc23)s1. The molecular formula is C8H4IN5S. The molecule has 0 bridgehead atoms. The number of fused-ring (bicyclic) bond motifs is 1. The van der Waals surface area contributed by atoms with E-state index in [1.807, 2.05) is 6.20 Å². The molecule has 5 nitrogen and oxygen atoms in total. The van der Waals surface area contributed by atoms with Gasteiger partial charge >= 0.3 is 0 Å². The van der Waals surface area contributed by atoms with E-state index in [-0.39, 0.29) is 0 Å². The normalized spacial score (nSPS) is 11.0. The predicted octanol–water partition coefficient (Wildman–Crippen LogP) is 1.85. The highest BCUT2D eigenvalue weighted by atomic mass is 127. The molecule has 0 aliphatic carbocycles. The van der Waals surface area contributed by atoms with Crippen LogP contribution in [0.15, 0.2) is 24.8 Å². The third-order valence-electron chi connectivity index (χ3n) is 1.96. The van der Waals surface area contributed by atoms with E-state index in [1.165, 1.54) is 0 Å². The quantitative estimate of drug-likeness (QED) is 0.640. The molecule has 3 aromatic heterocycles. The average Bonchev–Trinajstić information content (AvgIpc) is 2.83. The van der Waals surface area contributed by atoms with Crippen LogP contribution in [0.2, 0.25) is 0 Å². The first-order valence-electron chi connectivity index (χ1n) is 4.11. The van der Waals surface area contributed by atoms with Crippen molar-refractivity contribution in [2.24, 2.45) is 0 Å².